The molecule has 0 aromatic rings. The van der Waals surface area contributed by atoms with E-state index in [-0.39, 0.29) is 18.8 Å². The lowest BCUT2D eigenvalue weighted by molar-refractivity contribution is -0.139. The predicted octanol–water partition coefficient (Wildman–Crippen LogP) is 0.472. The Balaban J connectivity index is 2.15. The van der Waals surface area contributed by atoms with Crippen molar-refractivity contribution in [3.63, 3.8) is 0 Å². The number of nitrogens with zero attached hydrogens (tertiary/aromatic N) is 1. The summed E-state index contributed by atoms with van der Waals surface area (Å²) in [4.78, 5) is 2.33. The van der Waals surface area contributed by atoms with Crippen LogP contribution < -0.4 is 0 Å². The minimum atomic E-state index is -0.193. The number of rotatable bonds is 4. The standard InChI is InChI=1S/C12H21NO3/c1-13-10-5-4-9(12(15-2)16-3)11(13)6-8(10)7-14/h4-5,8-12,14H,6-7H2,1-3H3/t8-,9+,10-,11-/m1/s1. The predicted molar refractivity (Wildman–Crippen MR) is 61.0 cm³/mol. The maximum absolute atomic E-state index is 9.35. The number of aliphatic hydroxyl groups is 1. The summed E-state index contributed by atoms with van der Waals surface area (Å²) in [6, 6.07) is 0.790. The molecule has 2 bridgehead atoms. The van der Waals surface area contributed by atoms with Gasteiger partial charge in [0.25, 0.3) is 0 Å². The summed E-state index contributed by atoms with van der Waals surface area (Å²) in [5, 5.41) is 9.35. The number of hydrogen-bond donors (Lipinski definition) is 1. The van der Waals surface area contributed by atoms with Gasteiger partial charge in [-0.15, -0.1) is 0 Å². The maximum Gasteiger partial charge on any atom is 0.164 e. The summed E-state index contributed by atoms with van der Waals surface area (Å²) in [6.45, 7) is 0.257. The highest BCUT2D eigenvalue weighted by atomic mass is 16.7. The van der Waals surface area contributed by atoms with Crippen LogP contribution in [0, 0.1) is 11.8 Å². The lowest BCUT2D eigenvalue weighted by Gasteiger charge is -2.36. The quantitative estimate of drug-likeness (QED) is 0.560. The van der Waals surface area contributed by atoms with Crippen LogP contribution >= 0.6 is 0 Å². The Hall–Kier alpha value is -0.420. The normalized spacial score (nSPS) is 38.6. The number of aliphatic hydroxyl groups excluding tert-OH is 1. The molecule has 0 spiro atoms. The summed E-state index contributed by atoms with van der Waals surface area (Å²) in [6.07, 6.45) is 5.18. The second kappa shape index (κ2) is 4.84. The third-order valence-corrected chi connectivity index (χ3v) is 4.01. The van der Waals surface area contributed by atoms with Gasteiger partial charge < -0.3 is 14.6 Å². The molecule has 2 aliphatic heterocycles. The van der Waals surface area contributed by atoms with Crippen molar-refractivity contribution in [2.75, 3.05) is 27.9 Å². The fourth-order valence-corrected chi connectivity index (χ4v) is 3.13. The van der Waals surface area contributed by atoms with E-state index in [0.717, 1.165) is 6.42 Å². The average Bonchev–Trinajstić information content (AvgIpc) is 2.49. The van der Waals surface area contributed by atoms with Crippen LogP contribution in [0.5, 0.6) is 0 Å². The lowest BCUT2D eigenvalue weighted by Crippen LogP contribution is -2.45. The molecule has 0 saturated carbocycles. The van der Waals surface area contributed by atoms with Gasteiger partial charge >= 0.3 is 0 Å². The Morgan fingerprint density at radius 2 is 2.06 bits per heavy atom. The van der Waals surface area contributed by atoms with Crippen LogP contribution in [0.1, 0.15) is 6.42 Å². The van der Waals surface area contributed by atoms with E-state index in [4.69, 9.17) is 9.47 Å². The van der Waals surface area contributed by atoms with E-state index in [2.05, 4.69) is 24.1 Å². The van der Waals surface area contributed by atoms with E-state index in [1.165, 1.54) is 0 Å². The minimum absolute atomic E-state index is 0.193. The highest BCUT2D eigenvalue weighted by Gasteiger charge is 2.45. The second-order valence-corrected chi connectivity index (χ2v) is 4.70. The van der Waals surface area contributed by atoms with Gasteiger partial charge in [0, 0.05) is 44.7 Å². The Kier molecular flexibility index (Phi) is 3.64. The largest absolute Gasteiger partial charge is 0.396 e. The van der Waals surface area contributed by atoms with Crippen molar-refractivity contribution in [3.05, 3.63) is 12.2 Å². The Bertz CT molecular complexity index is 265. The summed E-state index contributed by atoms with van der Waals surface area (Å²) in [7, 11) is 5.46. The number of likely N-dealkylation sites (N-methyl/N-ethyl adjacent to an activating group) is 1. The number of fused-ring (bicyclic) bond motifs is 2. The van der Waals surface area contributed by atoms with E-state index in [1.807, 2.05) is 0 Å². The molecule has 0 radical (unpaired) electrons. The van der Waals surface area contributed by atoms with Gasteiger partial charge in [0.1, 0.15) is 0 Å². The Labute approximate surface area is 96.8 Å². The molecule has 2 aliphatic rings. The molecular formula is C12H21NO3. The van der Waals surface area contributed by atoms with Crippen LogP contribution in [0.2, 0.25) is 0 Å². The van der Waals surface area contributed by atoms with E-state index < -0.39 is 0 Å². The second-order valence-electron chi connectivity index (χ2n) is 4.70. The van der Waals surface area contributed by atoms with Gasteiger partial charge in [-0.3, -0.25) is 4.90 Å². The first-order chi connectivity index (χ1) is 7.72. The van der Waals surface area contributed by atoms with E-state index in [1.54, 1.807) is 14.2 Å². The highest BCUT2D eigenvalue weighted by Crippen LogP contribution is 2.39. The van der Waals surface area contributed by atoms with Crippen LogP contribution in [-0.4, -0.2) is 56.3 Å². The monoisotopic (exact) mass is 227 g/mol. The van der Waals surface area contributed by atoms with Gasteiger partial charge in [-0.2, -0.15) is 0 Å². The summed E-state index contributed by atoms with van der Waals surface area (Å²) >= 11 is 0. The molecule has 16 heavy (non-hydrogen) atoms. The van der Waals surface area contributed by atoms with Crippen LogP contribution in [0.4, 0.5) is 0 Å². The average molecular weight is 227 g/mol. The van der Waals surface area contributed by atoms with Crippen molar-refractivity contribution >= 4 is 0 Å². The molecular weight excluding hydrogens is 206 g/mol. The molecule has 0 aliphatic carbocycles. The minimum Gasteiger partial charge on any atom is -0.396 e. The van der Waals surface area contributed by atoms with Crippen molar-refractivity contribution in [1.29, 1.82) is 0 Å². The molecule has 4 atom stereocenters. The molecule has 0 unspecified atom stereocenters. The van der Waals surface area contributed by atoms with Crippen molar-refractivity contribution in [3.8, 4) is 0 Å². The first kappa shape index (κ1) is 12.0. The van der Waals surface area contributed by atoms with E-state index in [9.17, 15) is 5.11 Å². The third kappa shape index (κ3) is 1.80. The number of hydrogen-bond acceptors (Lipinski definition) is 4. The van der Waals surface area contributed by atoms with Gasteiger partial charge in [-0.05, 0) is 13.5 Å². The highest BCUT2D eigenvalue weighted by molar-refractivity contribution is 5.15. The van der Waals surface area contributed by atoms with E-state index in [0.29, 0.717) is 18.0 Å². The van der Waals surface area contributed by atoms with Crippen molar-refractivity contribution in [2.45, 2.75) is 24.8 Å². The lowest BCUT2D eigenvalue weighted by atomic mass is 9.95. The summed E-state index contributed by atoms with van der Waals surface area (Å²) < 4.78 is 10.7. The van der Waals surface area contributed by atoms with E-state index >= 15 is 0 Å². The van der Waals surface area contributed by atoms with Crippen LogP contribution in [-0.2, 0) is 9.47 Å². The van der Waals surface area contributed by atoms with Crippen molar-refractivity contribution < 1.29 is 14.6 Å². The fraction of sp³-hybridized carbons (Fsp3) is 0.833. The zero-order chi connectivity index (χ0) is 11.7. The van der Waals surface area contributed by atoms with Crippen LogP contribution in [0.3, 0.4) is 0 Å². The molecule has 0 amide bonds. The maximum atomic E-state index is 9.35. The molecule has 4 heteroatoms. The summed E-state index contributed by atoms with van der Waals surface area (Å²) in [5.41, 5.74) is 0. The molecule has 0 aromatic carbocycles. The van der Waals surface area contributed by atoms with Gasteiger partial charge in [-0.25, -0.2) is 0 Å². The Morgan fingerprint density at radius 1 is 1.38 bits per heavy atom. The molecule has 1 fully saturated rings. The zero-order valence-electron chi connectivity index (χ0n) is 10.2. The molecule has 92 valence electrons. The van der Waals surface area contributed by atoms with Gasteiger partial charge in [0.15, 0.2) is 6.29 Å². The number of methoxy groups -OCH3 is 2. The first-order valence-corrected chi connectivity index (χ1v) is 5.79. The molecule has 2 rings (SSSR count). The molecule has 1 saturated heterocycles. The number of ether oxygens (including phenoxy) is 2. The Morgan fingerprint density at radius 3 is 2.62 bits per heavy atom. The topological polar surface area (TPSA) is 41.9 Å². The van der Waals surface area contributed by atoms with Gasteiger partial charge in [0.05, 0.1) is 0 Å². The van der Waals surface area contributed by atoms with Gasteiger partial charge in [0.2, 0.25) is 0 Å². The first-order valence-electron chi connectivity index (χ1n) is 5.79. The smallest absolute Gasteiger partial charge is 0.164 e. The fourth-order valence-electron chi connectivity index (χ4n) is 3.13. The van der Waals surface area contributed by atoms with Crippen LogP contribution in [0.15, 0.2) is 12.2 Å². The van der Waals surface area contributed by atoms with Gasteiger partial charge in [-0.1, -0.05) is 12.2 Å². The molecule has 2 heterocycles. The van der Waals surface area contributed by atoms with Crippen molar-refractivity contribution in [1.82, 2.24) is 4.90 Å². The van der Waals surface area contributed by atoms with Crippen LogP contribution in [0.25, 0.3) is 0 Å². The molecule has 4 nitrogen and oxygen atoms in total. The molecule has 1 N–H and O–H groups in total. The zero-order valence-corrected chi connectivity index (χ0v) is 10.2. The SMILES string of the molecule is COC(OC)[C@H]1C=C[C@@H]2[C@@H](CO)C[C@H]1N2C. The van der Waals surface area contributed by atoms with Crippen molar-refractivity contribution in [2.24, 2.45) is 11.8 Å². The third-order valence-electron chi connectivity index (χ3n) is 4.01. The summed E-state index contributed by atoms with van der Waals surface area (Å²) in [5.74, 6) is 0.610. The molecule has 0 aromatic heterocycles.